The minimum absolute atomic E-state index is 0.861. The van der Waals surface area contributed by atoms with E-state index in [-0.39, 0.29) is 0 Å². The van der Waals surface area contributed by atoms with Gasteiger partial charge in [-0.2, -0.15) is 0 Å². The molecule has 0 aromatic carbocycles. The van der Waals surface area contributed by atoms with Crippen LogP contribution in [0.5, 0.6) is 0 Å². The molecule has 0 aromatic rings. The number of rotatable bonds is 28. The summed E-state index contributed by atoms with van der Waals surface area (Å²) in [6.07, 6.45) is -75.5. The number of carboxylic acids is 1. The molecule has 0 aliphatic carbocycles. The first-order valence-corrected chi connectivity index (χ1v) is 33.6. The first-order chi connectivity index (χ1) is 49.9. The van der Waals surface area contributed by atoms with Crippen LogP contribution in [0.4, 0.5) is 0 Å². The van der Waals surface area contributed by atoms with Crippen molar-refractivity contribution in [3.05, 3.63) is 0 Å². The van der Waals surface area contributed by atoms with E-state index in [0.717, 1.165) is 27.7 Å². The highest BCUT2D eigenvalue weighted by molar-refractivity contribution is 5.77. The standard InChI is InChI=1S/C59H98N4O43/c1-14-31(76)38(83)40(85)54(93-14)103-48-30(63-18(5)73)52(98-25(12-69)45(48)101-56-42(87)49(34(79)22(9-66)96-56)104-53-28(61-16(3)71)37(82)44(24(11-68)99-53)100-55-41(86)39(84)33(78)21(8-65)95-55)92-13-26-36(81)46(29(51(89)94-26)62-17(4)72)102-57-43(88)50(35(80)23(10-67)97-57)106-59(58(90)91)6-19(74)27(60-15(2)70)47(105-59)32(77)20(75)7-64/h14,19-57,64-69,74-89H,6-13H2,1-5H3,(H,60,70)(H,61,71)(H,62,72)(H,63,73)(H,90,91)/t14-,19-,20+,21+,22+,23+,24+,25+,26+,27+,28+,29+,30+,31+,32+,33-,34-,35-,36-,37+,38+,39-,40-,41+,42+,43+,44+,45+,46+,47+,48+,49-,50-,51-,52+,53-,54-,55-,56-,57-,59-/m0/s1. The van der Waals surface area contributed by atoms with Crippen LogP contribution in [0.2, 0.25) is 0 Å². The summed E-state index contributed by atoms with van der Waals surface area (Å²) < 4.78 is 88.4. The van der Waals surface area contributed by atoms with E-state index in [1.54, 1.807) is 0 Å². The third kappa shape index (κ3) is 19.1. The molecule has 8 aliphatic heterocycles. The third-order valence-electron chi connectivity index (χ3n) is 19.2. The molecule has 8 heterocycles. The fraction of sp³-hybridized carbons (Fsp3) is 0.915. The molecule has 47 nitrogen and oxygen atoms in total. The van der Waals surface area contributed by atoms with Crippen molar-refractivity contribution in [3.63, 3.8) is 0 Å². The molecule has 106 heavy (non-hydrogen) atoms. The second-order valence-electron chi connectivity index (χ2n) is 26.8. The van der Waals surface area contributed by atoms with Crippen LogP contribution in [0.15, 0.2) is 0 Å². The summed E-state index contributed by atoms with van der Waals surface area (Å²) in [6, 6.07) is -7.41. The molecular weight excluding hydrogens is 1450 g/mol. The Morgan fingerprint density at radius 1 is 0.406 bits per heavy atom. The molecule has 0 spiro atoms. The Morgan fingerprint density at radius 2 is 0.821 bits per heavy atom. The first kappa shape index (κ1) is 87.4. The van der Waals surface area contributed by atoms with Gasteiger partial charge in [-0.15, -0.1) is 0 Å². The molecule has 612 valence electrons. The number of nitrogens with one attached hydrogen (secondary N) is 4. The van der Waals surface area contributed by atoms with Crippen molar-refractivity contribution in [2.75, 3.05) is 46.2 Å². The molecule has 47 heteroatoms. The highest BCUT2D eigenvalue weighted by Crippen LogP contribution is 2.41. The molecule has 0 saturated carbocycles. The van der Waals surface area contributed by atoms with Gasteiger partial charge in [-0.25, -0.2) is 4.79 Å². The van der Waals surface area contributed by atoms with Gasteiger partial charge in [0, 0.05) is 34.1 Å². The summed E-state index contributed by atoms with van der Waals surface area (Å²) in [7, 11) is 0. The average Bonchev–Trinajstić information content (AvgIpc) is 0.760. The lowest BCUT2D eigenvalue weighted by Crippen LogP contribution is -2.71. The monoisotopic (exact) mass is 1550 g/mol. The first-order valence-electron chi connectivity index (χ1n) is 33.6. The second-order valence-corrected chi connectivity index (χ2v) is 26.8. The molecule has 4 amide bonds. The van der Waals surface area contributed by atoms with Crippen molar-refractivity contribution < 1.29 is 212 Å². The number of aliphatic carboxylic acids is 1. The van der Waals surface area contributed by atoms with Gasteiger partial charge in [0.25, 0.3) is 5.79 Å². The molecule has 8 rings (SSSR count). The van der Waals surface area contributed by atoms with Gasteiger partial charge in [0.1, 0.15) is 183 Å². The number of carbonyl (C=O) groups is 5. The van der Waals surface area contributed by atoms with Crippen LogP contribution in [-0.2, 0) is 95.0 Å². The number of aliphatic hydroxyl groups is 22. The van der Waals surface area contributed by atoms with Gasteiger partial charge < -0.3 is 210 Å². The number of carboxylic acid groups (broad SMARTS) is 1. The van der Waals surface area contributed by atoms with E-state index in [1.807, 2.05) is 0 Å². The zero-order valence-corrected chi connectivity index (χ0v) is 57.2. The topological polar surface area (TPSA) is 737 Å². The van der Waals surface area contributed by atoms with Crippen LogP contribution < -0.4 is 21.3 Å². The number of aliphatic hydroxyl groups excluding tert-OH is 22. The summed E-state index contributed by atoms with van der Waals surface area (Å²) in [5.41, 5.74) is 0. The SMILES string of the molecule is CC(=O)N[C@@H]1[C@@H](O[C@@H]2O[C@H](CO)[C@H](O)[C@H](O[C@]3(C(=O)O)C[C@H](O)[C@@H](NC(C)=O)[C@H]([C@H](O)[C@H](O)CO)O3)[C@H]2O)[C@@H](O)[C@@H](CO[C@@H]2O[C@H](CO)[C@@H](O[C@@H]3O[C@H](CO)[C@H](O)[C@H](O[C@@H]4O[C@H](CO)[C@@H](O[C@@H]5O[C@H](CO)[C@H](O)[C@H](O)[C@H]5O)[C@H](O)[C@H]4NC(C)=O)[C@H]3O)[C@H](O[C@@H]3O[C@@H](C)[C@@H](O)[C@@H](O)[C@@H]3O)[C@H]2NC(C)=O)O[C@@H]1O. The van der Waals surface area contributed by atoms with Crippen LogP contribution in [0.25, 0.3) is 0 Å². The minimum atomic E-state index is -3.27. The maximum Gasteiger partial charge on any atom is 0.364 e. The fourth-order valence-corrected chi connectivity index (χ4v) is 13.6. The fourth-order valence-electron chi connectivity index (χ4n) is 13.6. The van der Waals surface area contributed by atoms with E-state index in [9.17, 15) is 141 Å². The van der Waals surface area contributed by atoms with Crippen LogP contribution in [0.3, 0.4) is 0 Å². The number of hydrogen-bond acceptors (Lipinski definition) is 42. The van der Waals surface area contributed by atoms with Gasteiger partial charge in [-0.05, 0) is 6.92 Å². The lowest BCUT2D eigenvalue weighted by atomic mass is 9.88. The summed E-state index contributed by atoms with van der Waals surface area (Å²) in [4.78, 5) is 64.3. The van der Waals surface area contributed by atoms with Crippen LogP contribution in [0, 0.1) is 0 Å². The molecule has 8 aliphatic rings. The molecule has 8 saturated heterocycles. The molecule has 0 radical (unpaired) electrons. The minimum Gasteiger partial charge on any atom is -0.477 e. The Kier molecular flexibility index (Phi) is 30.9. The maximum atomic E-state index is 13.4. The Morgan fingerprint density at radius 3 is 1.36 bits per heavy atom. The van der Waals surface area contributed by atoms with Crippen molar-refractivity contribution in [1.82, 2.24) is 21.3 Å². The van der Waals surface area contributed by atoms with Crippen molar-refractivity contribution >= 4 is 29.6 Å². The number of hydrogen-bond donors (Lipinski definition) is 27. The van der Waals surface area contributed by atoms with Crippen molar-refractivity contribution in [1.29, 1.82) is 0 Å². The third-order valence-corrected chi connectivity index (χ3v) is 19.2. The second kappa shape index (κ2) is 37.5. The van der Waals surface area contributed by atoms with E-state index < -0.39 is 333 Å². The van der Waals surface area contributed by atoms with Crippen molar-refractivity contribution in [3.8, 4) is 0 Å². The Balaban J connectivity index is 1.07. The average molecular weight is 1550 g/mol. The van der Waals surface area contributed by atoms with Crippen LogP contribution >= 0.6 is 0 Å². The van der Waals surface area contributed by atoms with E-state index in [0.29, 0.717) is 0 Å². The van der Waals surface area contributed by atoms with Gasteiger partial charge in [0.15, 0.2) is 44.0 Å². The molecule has 41 atom stereocenters. The van der Waals surface area contributed by atoms with Gasteiger partial charge in [-0.3, -0.25) is 19.2 Å². The van der Waals surface area contributed by atoms with Gasteiger partial charge in [-0.1, -0.05) is 0 Å². The Labute approximate surface area is 600 Å². The zero-order valence-electron chi connectivity index (χ0n) is 57.2. The molecule has 0 bridgehead atoms. The van der Waals surface area contributed by atoms with E-state index in [2.05, 4.69) is 21.3 Å². The Hall–Kier alpha value is -4.13. The van der Waals surface area contributed by atoms with Crippen LogP contribution in [-0.4, -0.2) is 444 Å². The summed E-state index contributed by atoms with van der Waals surface area (Å²) in [5.74, 6) is -9.07. The summed E-state index contributed by atoms with van der Waals surface area (Å²) in [5, 5.41) is 262. The van der Waals surface area contributed by atoms with Gasteiger partial charge in [0.2, 0.25) is 23.6 Å². The highest BCUT2D eigenvalue weighted by atomic mass is 16.8. The quantitative estimate of drug-likeness (QED) is 0.0346. The molecule has 8 fully saturated rings. The van der Waals surface area contributed by atoms with E-state index in [1.165, 1.54) is 6.92 Å². The summed E-state index contributed by atoms with van der Waals surface area (Å²) in [6.45, 7) is -2.72. The van der Waals surface area contributed by atoms with Crippen molar-refractivity contribution in [2.24, 2.45) is 0 Å². The molecule has 0 aromatic heterocycles. The molecule has 27 N–H and O–H groups in total. The van der Waals surface area contributed by atoms with E-state index in [4.69, 9.17) is 71.1 Å². The largest absolute Gasteiger partial charge is 0.477 e. The summed E-state index contributed by atoms with van der Waals surface area (Å²) >= 11 is 0. The van der Waals surface area contributed by atoms with Gasteiger partial charge in [0.05, 0.1) is 64.5 Å². The highest BCUT2D eigenvalue weighted by Gasteiger charge is 2.63. The van der Waals surface area contributed by atoms with Crippen molar-refractivity contribution in [2.45, 2.75) is 292 Å². The van der Waals surface area contributed by atoms with E-state index >= 15 is 0 Å². The normalized spacial score (nSPS) is 47.2. The van der Waals surface area contributed by atoms with Gasteiger partial charge >= 0.3 is 5.97 Å². The lowest BCUT2D eigenvalue weighted by molar-refractivity contribution is -0.389. The predicted octanol–water partition coefficient (Wildman–Crippen LogP) is -17.6. The zero-order chi connectivity index (χ0) is 78.6. The maximum absolute atomic E-state index is 13.4. The number of ether oxygens (including phenoxy) is 15. The molecule has 0 unspecified atom stereocenters. The lowest BCUT2D eigenvalue weighted by Gasteiger charge is -2.51. The predicted molar refractivity (Wildman–Crippen MR) is 327 cm³/mol. The number of amides is 4. The smallest absolute Gasteiger partial charge is 0.364 e. The van der Waals surface area contributed by atoms with Crippen LogP contribution in [0.1, 0.15) is 41.0 Å². The number of carbonyl (C=O) groups excluding carboxylic acids is 4. The molecular formula is C59H98N4O43. The Bertz CT molecular complexity index is 2850.